The van der Waals surface area contributed by atoms with Crippen LogP contribution in [0.15, 0.2) is 0 Å². The fourth-order valence-corrected chi connectivity index (χ4v) is 0.930. The number of nitrogens with one attached hydrogen (secondary N) is 1. The van der Waals surface area contributed by atoms with Crippen molar-refractivity contribution >= 4 is 5.91 Å². The third kappa shape index (κ3) is 4.88. The molecule has 80 valence electrons. The Balaban J connectivity index is 0. The summed E-state index contributed by atoms with van der Waals surface area (Å²) in [6.45, 7) is 8.50. The molecule has 0 spiro atoms. The van der Waals surface area contributed by atoms with E-state index in [4.69, 9.17) is 4.74 Å². The molecule has 1 amide bonds. The zero-order valence-electron chi connectivity index (χ0n) is 9.26. The maximum Gasteiger partial charge on any atom is 0.222 e. The summed E-state index contributed by atoms with van der Waals surface area (Å²) in [5.41, 5.74) is 0. The molecule has 0 aliphatic rings. The highest BCUT2D eigenvalue weighted by atomic mass is 16.5. The van der Waals surface area contributed by atoms with Gasteiger partial charge in [0.15, 0.2) is 0 Å². The van der Waals surface area contributed by atoms with Gasteiger partial charge in [-0.15, -0.1) is 0 Å². The highest BCUT2D eigenvalue weighted by Crippen LogP contribution is 2.03. The largest absolute Gasteiger partial charge is 0.383 e. The second-order valence-corrected chi connectivity index (χ2v) is 3.97. The Morgan fingerprint density at radius 1 is 1.38 bits per heavy atom. The smallest absolute Gasteiger partial charge is 0.222 e. The first kappa shape index (κ1) is 12.4. The minimum absolute atomic E-state index is 0. The van der Waals surface area contributed by atoms with Gasteiger partial charge in [-0.2, -0.15) is 0 Å². The van der Waals surface area contributed by atoms with Gasteiger partial charge in [0.05, 0.1) is 12.6 Å². The van der Waals surface area contributed by atoms with Crippen molar-refractivity contribution in [3.05, 3.63) is 0 Å². The van der Waals surface area contributed by atoms with Crippen LogP contribution < -0.4 is 5.32 Å². The molecule has 0 rings (SSSR count). The van der Waals surface area contributed by atoms with E-state index >= 15 is 0 Å². The molecule has 0 heterocycles. The SMILES string of the molecule is COC[C@H](NC(=O)C(C)C)C(C)C.[HH]. The Hall–Kier alpha value is -0.570. The van der Waals surface area contributed by atoms with Gasteiger partial charge in [0.2, 0.25) is 5.91 Å². The van der Waals surface area contributed by atoms with E-state index in [0.717, 1.165) is 0 Å². The van der Waals surface area contributed by atoms with E-state index in [9.17, 15) is 4.79 Å². The Labute approximate surface area is 82.3 Å². The highest BCUT2D eigenvalue weighted by molar-refractivity contribution is 5.78. The summed E-state index contributed by atoms with van der Waals surface area (Å²) in [5, 5.41) is 2.95. The van der Waals surface area contributed by atoms with Crippen molar-refractivity contribution in [2.45, 2.75) is 33.7 Å². The van der Waals surface area contributed by atoms with Crippen molar-refractivity contribution < 1.29 is 11.0 Å². The van der Waals surface area contributed by atoms with Crippen molar-refractivity contribution in [1.82, 2.24) is 5.32 Å². The molecule has 0 radical (unpaired) electrons. The molecule has 0 fully saturated rings. The normalized spacial score (nSPS) is 13.5. The van der Waals surface area contributed by atoms with Gasteiger partial charge in [-0.3, -0.25) is 4.79 Å². The maximum absolute atomic E-state index is 11.4. The second-order valence-electron chi connectivity index (χ2n) is 3.97. The predicted molar refractivity (Wildman–Crippen MR) is 55.6 cm³/mol. The molecule has 0 aromatic rings. The van der Waals surface area contributed by atoms with Crippen LogP contribution in [-0.2, 0) is 9.53 Å². The van der Waals surface area contributed by atoms with Crippen molar-refractivity contribution in [2.24, 2.45) is 11.8 Å². The molecule has 1 atom stereocenters. The maximum atomic E-state index is 11.4. The van der Waals surface area contributed by atoms with Crippen LogP contribution in [0.4, 0.5) is 0 Å². The lowest BCUT2D eigenvalue weighted by molar-refractivity contribution is -0.125. The number of rotatable bonds is 5. The first-order chi connectivity index (χ1) is 5.99. The van der Waals surface area contributed by atoms with Crippen LogP contribution in [-0.4, -0.2) is 25.7 Å². The molecule has 0 saturated carbocycles. The van der Waals surface area contributed by atoms with Crippen molar-refractivity contribution in [2.75, 3.05) is 13.7 Å². The fourth-order valence-electron chi connectivity index (χ4n) is 0.930. The van der Waals surface area contributed by atoms with Crippen LogP contribution >= 0.6 is 0 Å². The lowest BCUT2D eigenvalue weighted by Crippen LogP contribution is -2.43. The Bertz CT molecular complexity index is 160. The van der Waals surface area contributed by atoms with Crippen LogP contribution in [0.2, 0.25) is 0 Å². The van der Waals surface area contributed by atoms with Gasteiger partial charge >= 0.3 is 0 Å². The summed E-state index contributed by atoms with van der Waals surface area (Å²) in [4.78, 5) is 11.4. The number of amides is 1. The van der Waals surface area contributed by atoms with Crippen molar-refractivity contribution in [3.63, 3.8) is 0 Å². The third-order valence-electron chi connectivity index (χ3n) is 2.00. The lowest BCUT2D eigenvalue weighted by atomic mass is 10.0. The van der Waals surface area contributed by atoms with Crippen LogP contribution in [0, 0.1) is 11.8 Å². The molecule has 3 heteroatoms. The van der Waals surface area contributed by atoms with E-state index in [-0.39, 0.29) is 19.3 Å². The molecule has 0 aliphatic heterocycles. The highest BCUT2D eigenvalue weighted by Gasteiger charge is 2.17. The van der Waals surface area contributed by atoms with Gasteiger partial charge in [0.25, 0.3) is 0 Å². The average molecular weight is 189 g/mol. The number of methoxy groups -OCH3 is 1. The minimum Gasteiger partial charge on any atom is -0.383 e. The minimum atomic E-state index is 0. The predicted octanol–water partition coefficient (Wildman–Crippen LogP) is 1.68. The first-order valence-corrected chi connectivity index (χ1v) is 4.78. The standard InChI is InChI=1S/C10H21NO2.H2/c1-7(2)9(6-13-5)11-10(12)8(3)4;/h7-9H,6H2,1-5H3,(H,11,12);1H/t9-;/m0./s1. The topological polar surface area (TPSA) is 38.3 Å². The van der Waals surface area contributed by atoms with E-state index in [1.54, 1.807) is 7.11 Å². The van der Waals surface area contributed by atoms with Gasteiger partial charge in [-0.25, -0.2) is 0 Å². The summed E-state index contributed by atoms with van der Waals surface area (Å²) in [5.74, 6) is 0.538. The van der Waals surface area contributed by atoms with E-state index in [1.165, 1.54) is 0 Å². The number of hydrogen-bond donors (Lipinski definition) is 1. The van der Waals surface area contributed by atoms with E-state index in [0.29, 0.717) is 12.5 Å². The van der Waals surface area contributed by atoms with Gasteiger partial charge in [0, 0.05) is 14.5 Å². The molecule has 0 aliphatic carbocycles. The molecule has 0 saturated heterocycles. The molecule has 13 heavy (non-hydrogen) atoms. The Kier molecular flexibility index (Phi) is 5.71. The average Bonchev–Trinajstić information content (AvgIpc) is 2.03. The summed E-state index contributed by atoms with van der Waals surface area (Å²) in [7, 11) is 1.65. The Morgan fingerprint density at radius 2 is 1.92 bits per heavy atom. The monoisotopic (exact) mass is 189 g/mol. The third-order valence-corrected chi connectivity index (χ3v) is 2.00. The molecule has 0 bridgehead atoms. The molecule has 1 N–H and O–H groups in total. The fraction of sp³-hybridized carbons (Fsp3) is 0.900. The van der Waals surface area contributed by atoms with Gasteiger partial charge < -0.3 is 10.1 Å². The summed E-state index contributed by atoms with van der Waals surface area (Å²) >= 11 is 0. The zero-order valence-corrected chi connectivity index (χ0v) is 9.26. The van der Waals surface area contributed by atoms with Crippen LogP contribution in [0.1, 0.15) is 29.1 Å². The zero-order chi connectivity index (χ0) is 10.4. The molecule has 0 aromatic carbocycles. The number of hydrogen-bond acceptors (Lipinski definition) is 2. The van der Waals surface area contributed by atoms with Crippen molar-refractivity contribution in [3.8, 4) is 0 Å². The van der Waals surface area contributed by atoms with Crippen LogP contribution in [0.3, 0.4) is 0 Å². The summed E-state index contributed by atoms with van der Waals surface area (Å²) in [6, 6.07) is 0.125. The summed E-state index contributed by atoms with van der Waals surface area (Å²) < 4.78 is 5.03. The van der Waals surface area contributed by atoms with Gasteiger partial charge in [-0.05, 0) is 5.92 Å². The van der Waals surface area contributed by atoms with Crippen LogP contribution in [0.25, 0.3) is 0 Å². The Morgan fingerprint density at radius 3 is 2.23 bits per heavy atom. The van der Waals surface area contributed by atoms with Gasteiger partial charge in [-0.1, -0.05) is 27.7 Å². The van der Waals surface area contributed by atoms with Crippen LogP contribution in [0.5, 0.6) is 0 Å². The lowest BCUT2D eigenvalue weighted by Gasteiger charge is -2.22. The molecule has 0 aromatic heterocycles. The molecular formula is C10H23NO2. The van der Waals surface area contributed by atoms with E-state index in [2.05, 4.69) is 19.2 Å². The number of ether oxygens (including phenoxy) is 1. The van der Waals surface area contributed by atoms with E-state index in [1.807, 2.05) is 13.8 Å². The van der Waals surface area contributed by atoms with Gasteiger partial charge in [0.1, 0.15) is 0 Å². The molecule has 3 nitrogen and oxygen atoms in total. The molecule has 0 unspecified atom stereocenters. The second kappa shape index (κ2) is 5.97. The summed E-state index contributed by atoms with van der Waals surface area (Å²) in [6.07, 6.45) is 0. The number of carbonyl (C=O) groups is 1. The number of carbonyl (C=O) groups excluding carboxylic acids is 1. The van der Waals surface area contributed by atoms with Crippen molar-refractivity contribution in [1.29, 1.82) is 0 Å². The van der Waals surface area contributed by atoms with E-state index < -0.39 is 0 Å². The molecular weight excluding hydrogens is 166 g/mol. The first-order valence-electron chi connectivity index (χ1n) is 4.78. The quantitative estimate of drug-likeness (QED) is 0.714.